The van der Waals surface area contributed by atoms with Crippen molar-refractivity contribution in [2.75, 3.05) is 10.2 Å². The molecule has 1 N–H and O–H groups in total. The van der Waals surface area contributed by atoms with E-state index >= 15 is 0 Å². The van der Waals surface area contributed by atoms with Gasteiger partial charge in [0.1, 0.15) is 0 Å². The van der Waals surface area contributed by atoms with Crippen LogP contribution in [0.15, 0.2) is 54.6 Å². The zero-order chi connectivity index (χ0) is 21.4. The van der Waals surface area contributed by atoms with Gasteiger partial charge in [0.2, 0.25) is 11.8 Å². The summed E-state index contributed by atoms with van der Waals surface area (Å²) in [6.07, 6.45) is 5.45. The number of nitrogens with zero attached hydrogens (tertiary/aromatic N) is 1. The van der Waals surface area contributed by atoms with Crippen molar-refractivity contribution in [1.29, 1.82) is 0 Å². The van der Waals surface area contributed by atoms with E-state index in [1.807, 2.05) is 32.0 Å². The van der Waals surface area contributed by atoms with Gasteiger partial charge in [-0.3, -0.25) is 14.4 Å². The smallest absolute Gasteiger partial charge is 0.257 e. The molecule has 3 amide bonds. The standard InChI is InChI=1S/C26H24N2O3/c1-13-7-8-15(11-14(13)2)27-24(29)18-5-3-4-6-21(18)28-25(30)22-16-9-10-17(20-12-19(16)20)23(22)26(28)31/h3-11,16-17,19-20,22-23H,12H2,1-2H3,(H,27,29)/t16-,17-,19-,20-,22+,23+/m0/s1. The third-order valence-corrected chi connectivity index (χ3v) is 7.82. The van der Waals surface area contributed by atoms with Crippen molar-refractivity contribution >= 4 is 29.1 Å². The average Bonchev–Trinajstić information content (AvgIpc) is 3.54. The van der Waals surface area contributed by atoms with Crippen LogP contribution in [0.2, 0.25) is 0 Å². The summed E-state index contributed by atoms with van der Waals surface area (Å²) in [5, 5.41) is 2.93. The van der Waals surface area contributed by atoms with Gasteiger partial charge in [0, 0.05) is 5.69 Å². The number of nitrogens with one attached hydrogen (secondary N) is 1. The molecule has 6 atom stereocenters. The first-order valence-corrected chi connectivity index (χ1v) is 11.0. The topological polar surface area (TPSA) is 66.5 Å². The van der Waals surface area contributed by atoms with E-state index in [2.05, 4.69) is 17.5 Å². The van der Waals surface area contributed by atoms with E-state index in [0.29, 0.717) is 28.8 Å². The first-order valence-electron chi connectivity index (χ1n) is 11.0. The van der Waals surface area contributed by atoms with Gasteiger partial charge in [-0.1, -0.05) is 30.4 Å². The van der Waals surface area contributed by atoms with E-state index in [1.165, 1.54) is 4.90 Å². The molecule has 31 heavy (non-hydrogen) atoms. The summed E-state index contributed by atoms with van der Waals surface area (Å²) in [7, 11) is 0. The summed E-state index contributed by atoms with van der Waals surface area (Å²) in [5.74, 6) is 0.267. The third kappa shape index (κ3) is 2.59. The van der Waals surface area contributed by atoms with Gasteiger partial charge in [-0.2, -0.15) is 0 Å². The Morgan fingerprint density at radius 3 is 2.19 bits per heavy atom. The highest BCUT2D eigenvalue weighted by atomic mass is 16.2. The zero-order valence-corrected chi connectivity index (χ0v) is 17.5. The zero-order valence-electron chi connectivity index (χ0n) is 17.5. The van der Waals surface area contributed by atoms with Crippen molar-refractivity contribution in [2.45, 2.75) is 20.3 Å². The van der Waals surface area contributed by atoms with Crippen molar-refractivity contribution < 1.29 is 14.4 Å². The number of benzene rings is 2. The van der Waals surface area contributed by atoms with E-state index in [1.54, 1.807) is 24.3 Å². The predicted octanol–water partition coefficient (Wildman–Crippen LogP) is 4.11. The molecule has 1 heterocycles. The highest BCUT2D eigenvalue weighted by molar-refractivity contribution is 6.25. The van der Waals surface area contributed by atoms with Gasteiger partial charge in [0.05, 0.1) is 23.1 Å². The number of imide groups is 1. The molecule has 2 bridgehead atoms. The van der Waals surface area contributed by atoms with E-state index in [4.69, 9.17) is 0 Å². The molecule has 0 radical (unpaired) electrons. The van der Waals surface area contributed by atoms with E-state index in [-0.39, 0.29) is 41.4 Å². The average molecular weight is 412 g/mol. The molecular formula is C26H24N2O3. The Morgan fingerprint density at radius 2 is 1.55 bits per heavy atom. The van der Waals surface area contributed by atoms with E-state index < -0.39 is 0 Å². The molecule has 2 saturated carbocycles. The molecule has 5 heteroatoms. The molecule has 7 rings (SSSR count). The van der Waals surface area contributed by atoms with Crippen LogP contribution in [-0.4, -0.2) is 17.7 Å². The number of anilines is 2. The lowest BCUT2D eigenvalue weighted by molar-refractivity contribution is -0.124. The second-order valence-electron chi connectivity index (χ2n) is 9.44. The quantitative estimate of drug-likeness (QED) is 0.609. The van der Waals surface area contributed by atoms with Crippen molar-refractivity contribution in [3.05, 3.63) is 71.3 Å². The fraction of sp³-hybridized carbons (Fsp3) is 0.346. The van der Waals surface area contributed by atoms with Crippen LogP contribution < -0.4 is 10.2 Å². The van der Waals surface area contributed by atoms with Crippen LogP contribution in [0.4, 0.5) is 11.4 Å². The molecule has 5 aliphatic rings. The Kier molecular flexibility index (Phi) is 3.83. The van der Waals surface area contributed by atoms with Crippen molar-refractivity contribution in [2.24, 2.45) is 35.5 Å². The normalized spacial score (nSPS) is 32.1. The minimum absolute atomic E-state index is 0.147. The molecule has 156 valence electrons. The lowest BCUT2D eigenvalue weighted by Gasteiger charge is -2.37. The van der Waals surface area contributed by atoms with Crippen LogP contribution in [-0.2, 0) is 9.59 Å². The maximum atomic E-state index is 13.5. The van der Waals surface area contributed by atoms with Gasteiger partial charge < -0.3 is 5.32 Å². The Morgan fingerprint density at radius 1 is 0.903 bits per heavy atom. The van der Waals surface area contributed by atoms with Crippen LogP contribution in [0.25, 0.3) is 0 Å². The van der Waals surface area contributed by atoms with Gasteiger partial charge in [-0.05, 0) is 79.3 Å². The minimum atomic E-state index is -0.321. The first-order chi connectivity index (χ1) is 15.0. The van der Waals surface area contributed by atoms with Crippen LogP contribution in [0.1, 0.15) is 27.9 Å². The Hall–Kier alpha value is -3.21. The maximum absolute atomic E-state index is 13.5. The number of para-hydroxylation sites is 1. The summed E-state index contributed by atoms with van der Waals surface area (Å²) in [5.41, 5.74) is 3.66. The molecule has 3 fully saturated rings. The number of carbonyl (C=O) groups excluding carboxylic acids is 3. The number of hydrogen-bond donors (Lipinski definition) is 1. The first kappa shape index (κ1) is 18.6. The van der Waals surface area contributed by atoms with E-state index in [9.17, 15) is 14.4 Å². The summed E-state index contributed by atoms with van der Waals surface area (Å²) in [6.45, 7) is 4.02. The van der Waals surface area contributed by atoms with Gasteiger partial charge in [-0.25, -0.2) is 4.90 Å². The van der Waals surface area contributed by atoms with Crippen LogP contribution >= 0.6 is 0 Å². The molecule has 5 nitrogen and oxygen atoms in total. The SMILES string of the molecule is Cc1ccc(NC(=O)c2ccccc2N2C(=O)[C@@H]3[C@H]4C=C[C@@H]([C@@H]5C[C@@H]45)[C@H]3C2=O)cc1C. The Labute approximate surface area is 181 Å². The minimum Gasteiger partial charge on any atom is -0.322 e. The molecule has 0 spiro atoms. The van der Waals surface area contributed by atoms with Gasteiger partial charge >= 0.3 is 0 Å². The third-order valence-electron chi connectivity index (χ3n) is 7.82. The van der Waals surface area contributed by atoms with Crippen LogP contribution in [0, 0.1) is 49.4 Å². The summed E-state index contributed by atoms with van der Waals surface area (Å²) in [4.78, 5) is 41.4. The second-order valence-corrected chi connectivity index (χ2v) is 9.44. The molecule has 2 aromatic rings. The molecule has 1 saturated heterocycles. The largest absolute Gasteiger partial charge is 0.322 e. The van der Waals surface area contributed by atoms with Crippen molar-refractivity contribution in [3.63, 3.8) is 0 Å². The number of hydrogen-bond acceptors (Lipinski definition) is 3. The molecule has 4 aliphatic carbocycles. The lowest BCUT2D eigenvalue weighted by Crippen LogP contribution is -2.40. The number of rotatable bonds is 3. The Bertz CT molecular complexity index is 1150. The Balaban J connectivity index is 1.34. The van der Waals surface area contributed by atoms with Crippen LogP contribution in [0.3, 0.4) is 0 Å². The summed E-state index contributed by atoms with van der Waals surface area (Å²) >= 11 is 0. The van der Waals surface area contributed by atoms with Gasteiger partial charge in [0.25, 0.3) is 5.91 Å². The number of amides is 3. The summed E-state index contributed by atoms with van der Waals surface area (Å²) in [6, 6.07) is 12.7. The van der Waals surface area contributed by atoms with Crippen molar-refractivity contribution in [3.8, 4) is 0 Å². The monoisotopic (exact) mass is 412 g/mol. The molecule has 2 aromatic carbocycles. The lowest BCUT2D eigenvalue weighted by atomic mass is 9.63. The van der Waals surface area contributed by atoms with E-state index in [0.717, 1.165) is 17.5 Å². The van der Waals surface area contributed by atoms with Crippen LogP contribution in [0.5, 0.6) is 0 Å². The summed E-state index contributed by atoms with van der Waals surface area (Å²) < 4.78 is 0. The predicted molar refractivity (Wildman–Crippen MR) is 118 cm³/mol. The molecule has 1 aliphatic heterocycles. The second kappa shape index (κ2) is 6.39. The van der Waals surface area contributed by atoms with Gasteiger partial charge in [0.15, 0.2) is 0 Å². The fourth-order valence-corrected chi connectivity index (χ4v) is 6.07. The maximum Gasteiger partial charge on any atom is 0.257 e. The van der Waals surface area contributed by atoms with Crippen molar-refractivity contribution in [1.82, 2.24) is 0 Å². The number of allylic oxidation sites excluding steroid dienone is 2. The molecule has 0 unspecified atom stereocenters. The number of aryl methyl sites for hydroxylation is 2. The highest BCUT2D eigenvalue weighted by Gasteiger charge is 2.67. The highest BCUT2D eigenvalue weighted by Crippen LogP contribution is 2.65. The number of carbonyl (C=O) groups is 3. The molecule has 0 aromatic heterocycles. The molecular weight excluding hydrogens is 388 g/mol. The fourth-order valence-electron chi connectivity index (χ4n) is 6.07. The van der Waals surface area contributed by atoms with Gasteiger partial charge in [-0.15, -0.1) is 0 Å².